The molecule has 0 aromatic rings. The van der Waals surface area contributed by atoms with Crippen LogP contribution in [0.25, 0.3) is 0 Å². The van der Waals surface area contributed by atoms with Gasteiger partial charge in [0.05, 0.1) is 12.7 Å². The highest BCUT2D eigenvalue weighted by Crippen LogP contribution is 2.33. The molecule has 1 saturated heterocycles. The summed E-state index contributed by atoms with van der Waals surface area (Å²) in [5.41, 5.74) is 6.54. The number of rotatable bonds is 3. The zero-order valence-corrected chi connectivity index (χ0v) is 9.96. The second-order valence-corrected chi connectivity index (χ2v) is 4.36. The Morgan fingerprint density at radius 3 is 3.11 bits per heavy atom. The molecule has 2 aliphatic rings. The number of carbonyl (C=O) groups excluding carboxylic acids is 2. The maximum absolute atomic E-state index is 11.4. The van der Waals surface area contributed by atoms with Crippen LogP contribution in [-0.4, -0.2) is 36.5 Å². The topological polar surface area (TPSA) is 98.9 Å². The summed E-state index contributed by atoms with van der Waals surface area (Å²) in [6.07, 6.45) is 3.29. The molecule has 6 heteroatoms. The van der Waals surface area contributed by atoms with Gasteiger partial charge in [0.15, 0.2) is 0 Å². The number of fused-ring (bicyclic) bond motifs is 1. The molecule has 1 aliphatic heterocycles. The number of hydrogen-bond acceptors (Lipinski definition) is 6. The number of esters is 2. The van der Waals surface area contributed by atoms with Gasteiger partial charge in [-0.25, -0.2) is 4.79 Å². The Morgan fingerprint density at radius 1 is 1.72 bits per heavy atom. The van der Waals surface area contributed by atoms with E-state index in [1.54, 1.807) is 12.2 Å². The lowest BCUT2D eigenvalue weighted by Crippen LogP contribution is -2.33. The Balaban J connectivity index is 2.06. The quantitative estimate of drug-likeness (QED) is 0.665. The minimum absolute atomic E-state index is 0.0318. The first-order valence-electron chi connectivity index (χ1n) is 5.67. The van der Waals surface area contributed by atoms with Crippen molar-refractivity contribution in [2.24, 2.45) is 11.7 Å². The van der Waals surface area contributed by atoms with Gasteiger partial charge in [-0.05, 0) is 18.8 Å². The van der Waals surface area contributed by atoms with Crippen LogP contribution in [0.1, 0.15) is 12.8 Å². The Morgan fingerprint density at radius 2 is 2.44 bits per heavy atom. The zero-order chi connectivity index (χ0) is 13.3. The van der Waals surface area contributed by atoms with Crippen molar-refractivity contribution in [1.82, 2.24) is 0 Å². The fourth-order valence-electron chi connectivity index (χ4n) is 2.17. The molecule has 1 fully saturated rings. The summed E-state index contributed by atoms with van der Waals surface area (Å²) in [5.74, 6) is -1.04. The maximum atomic E-state index is 11.4. The molecule has 3 N–H and O–H groups in total. The van der Waals surface area contributed by atoms with Crippen molar-refractivity contribution in [3.8, 4) is 0 Å². The number of carbonyl (C=O) groups is 2. The van der Waals surface area contributed by atoms with Crippen molar-refractivity contribution in [2.45, 2.75) is 25.2 Å². The number of cyclic esters (lactones) is 1. The molecular weight excluding hydrogens is 238 g/mol. The molecule has 1 aliphatic carbocycles. The number of methoxy groups -OCH3 is 1. The predicted molar refractivity (Wildman–Crippen MR) is 61.0 cm³/mol. The number of nitrogens with two attached hydrogens (primary N) is 1. The van der Waals surface area contributed by atoms with Crippen molar-refractivity contribution in [1.29, 1.82) is 0 Å². The average Bonchev–Trinajstić information content (AvgIpc) is 2.63. The Bertz CT molecular complexity index is 440. The van der Waals surface area contributed by atoms with E-state index in [-0.39, 0.29) is 5.92 Å². The first kappa shape index (κ1) is 12.8. The summed E-state index contributed by atoms with van der Waals surface area (Å²) in [4.78, 5) is 22.6. The lowest BCUT2D eigenvalue weighted by atomic mass is 9.87. The molecule has 6 nitrogen and oxygen atoms in total. The van der Waals surface area contributed by atoms with Crippen molar-refractivity contribution in [2.75, 3.05) is 7.11 Å². The van der Waals surface area contributed by atoms with Gasteiger partial charge in [0.2, 0.25) is 6.29 Å². The zero-order valence-electron chi connectivity index (χ0n) is 9.96. The summed E-state index contributed by atoms with van der Waals surface area (Å²) in [6.45, 7) is 0. The largest absolute Gasteiger partial charge is 0.468 e. The van der Waals surface area contributed by atoms with Crippen LogP contribution in [0.15, 0.2) is 23.3 Å². The van der Waals surface area contributed by atoms with Crippen molar-refractivity contribution >= 4 is 11.9 Å². The maximum Gasteiger partial charge on any atom is 0.340 e. The van der Waals surface area contributed by atoms with E-state index >= 15 is 0 Å². The minimum Gasteiger partial charge on any atom is -0.468 e. The van der Waals surface area contributed by atoms with Crippen LogP contribution < -0.4 is 5.73 Å². The number of ether oxygens (including phenoxy) is 2. The highest BCUT2D eigenvalue weighted by Gasteiger charge is 2.36. The van der Waals surface area contributed by atoms with E-state index in [0.29, 0.717) is 24.0 Å². The lowest BCUT2D eigenvalue weighted by Gasteiger charge is -2.19. The van der Waals surface area contributed by atoms with Crippen molar-refractivity contribution in [3.63, 3.8) is 0 Å². The summed E-state index contributed by atoms with van der Waals surface area (Å²) >= 11 is 0. The van der Waals surface area contributed by atoms with Crippen molar-refractivity contribution < 1.29 is 24.2 Å². The molecule has 0 aromatic carbocycles. The highest BCUT2D eigenvalue weighted by molar-refractivity contribution is 5.97. The first-order valence-corrected chi connectivity index (χ1v) is 5.67. The molecule has 0 amide bonds. The molecule has 2 unspecified atom stereocenters. The van der Waals surface area contributed by atoms with E-state index in [9.17, 15) is 14.7 Å². The third-order valence-corrected chi connectivity index (χ3v) is 3.12. The van der Waals surface area contributed by atoms with Gasteiger partial charge in [-0.15, -0.1) is 0 Å². The second kappa shape index (κ2) is 4.91. The van der Waals surface area contributed by atoms with Crippen LogP contribution in [0, 0.1) is 5.92 Å². The second-order valence-electron chi connectivity index (χ2n) is 4.36. The van der Waals surface area contributed by atoms with Crippen molar-refractivity contribution in [3.05, 3.63) is 23.3 Å². The Hall–Kier alpha value is -1.66. The molecule has 1 heterocycles. The molecule has 2 rings (SSSR count). The highest BCUT2D eigenvalue weighted by atomic mass is 16.6. The summed E-state index contributed by atoms with van der Waals surface area (Å²) < 4.78 is 9.23. The van der Waals surface area contributed by atoms with Crippen LogP contribution in [-0.2, 0) is 19.1 Å². The molecule has 0 bridgehead atoms. The molecule has 0 radical (unpaired) electrons. The van der Waals surface area contributed by atoms with E-state index < -0.39 is 24.3 Å². The van der Waals surface area contributed by atoms with Crippen LogP contribution in [0.5, 0.6) is 0 Å². The van der Waals surface area contributed by atoms with Gasteiger partial charge < -0.3 is 20.3 Å². The van der Waals surface area contributed by atoms with Crippen LogP contribution in [0.4, 0.5) is 0 Å². The van der Waals surface area contributed by atoms with Gasteiger partial charge >= 0.3 is 11.9 Å². The SMILES string of the molecule is COC(=O)[C@@H](N)CC1C=C2C(=O)OC(O)C2=CC1. The molecule has 3 atom stereocenters. The molecule has 0 spiro atoms. The summed E-state index contributed by atoms with van der Waals surface area (Å²) in [6, 6.07) is -0.714. The normalized spacial score (nSPS) is 27.8. The standard InChI is InChI=1S/C12H15NO5/c1-17-12(16)9(13)5-6-2-3-7-8(4-6)11(15)18-10(7)14/h3-4,6,9-10,14H,2,5,13H2,1H3/t6?,9-,10?/m0/s1. The molecule has 98 valence electrons. The summed E-state index contributed by atoms with van der Waals surface area (Å²) in [5, 5.41) is 9.44. The molecule has 0 saturated carbocycles. The Labute approximate surface area is 104 Å². The lowest BCUT2D eigenvalue weighted by molar-refractivity contribution is -0.149. The van der Waals surface area contributed by atoms with E-state index in [1.165, 1.54) is 7.11 Å². The predicted octanol–water partition coefficient (Wildman–Crippen LogP) is -0.375. The van der Waals surface area contributed by atoms with Gasteiger partial charge in [-0.1, -0.05) is 12.2 Å². The number of allylic oxidation sites excluding steroid dienone is 2. The van der Waals surface area contributed by atoms with Gasteiger partial charge in [0.1, 0.15) is 6.04 Å². The van der Waals surface area contributed by atoms with Gasteiger partial charge in [-0.3, -0.25) is 4.79 Å². The first-order chi connectivity index (χ1) is 8.52. The van der Waals surface area contributed by atoms with E-state index in [4.69, 9.17) is 5.73 Å². The third kappa shape index (κ3) is 2.30. The monoisotopic (exact) mass is 253 g/mol. The van der Waals surface area contributed by atoms with Gasteiger partial charge in [-0.2, -0.15) is 0 Å². The molecular formula is C12H15NO5. The molecule has 0 aromatic heterocycles. The van der Waals surface area contributed by atoms with E-state index in [0.717, 1.165) is 0 Å². The van der Waals surface area contributed by atoms with Crippen LogP contribution in [0.2, 0.25) is 0 Å². The van der Waals surface area contributed by atoms with Gasteiger partial charge in [0, 0.05) is 5.57 Å². The minimum atomic E-state index is -1.17. The third-order valence-electron chi connectivity index (χ3n) is 3.12. The van der Waals surface area contributed by atoms with Crippen LogP contribution >= 0.6 is 0 Å². The number of hydrogen-bond donors (Lipinski definition) is 2. The fourth-order valence-corrected chi connectivity index (χ4v) is 2.17. The average molecular weight is 253 g/mol. The fraction of sp³-hybridized carbons (Fsp3) is 0.500. The van der Waals surface area contributed by atoms with E-state index in [1.807, 2.05) is 0 Å². The molecule has 18 heavy (non-hydrogen) atoms. The number of aliphatic hydroxyl groups is 1. The van der Waals surface area contributed by atoms with E-state index in [2.05, 4.69) is 9.47 Å². The number of aliphatic hydroxyl groups excluding tert-OH is 1. The summed E-state index contributed by atoms with van der Waals surface area (Å²) in [7, 11) is 1.28. The van der Waals surface area contributed by atoms with Crippen LogP contribution in [0.3, 0.4) is 0 Å². The smallest absolute Gasteiger partial charge is 0.340 e. The Kier molecular flexibility index (Phi) is 3.49. The van der Waals surface area contributed by atoms with Gasteiger partial charge in [0.25, 0.3) is 0 Å².